The maximum Gasteiger partial charge on any atom is 0.323 e. The first-order valence-corrected chi connectivity index (χ1v) is 5.59. The van der Waals surface area contributed by atoms with Crippen molar-refractivity contribution in [1.29, 1.82) is 0 Å². The number of carbonyl (C=O) groups is 1. The number of rotatable bonds is 4. The second-order valence-electron chi connectivity index (χ2n) is 4.61. The monoisotopic (exact) mass is 219 g/mol. The van der Waals surface area contributed by atoms with Crippen molar-refractivity contribution in [3.05, 3.63) is 34.9 Å². The molecule has 1 fully saturated rings. The quantitative estimate of drug-likeness (QED) is 0.814. The van der Waals surface area contributed by atoms with Gasteiger partial charge in [0.25, 0.3) is 0 Å². The van der Waals surface area contributed by atoms with Gasteiger partial charge in [-0.25, -0.2) is 0 Å². The average Bonchev–Trinajstić information content (AvgIpc) is 2.98. The minimum absolute atomic E-state index is 0.644. The zero-order chi connectivity index (χ0) is 11.8. The minimum atomic E-state index is -0.723. The highest BCUT2D eigenvalue weighted by Crippen LogP contribution is 2.36. The fourth-order valence-electron chi connectivity index (χ4n) is 1.98. The van der Waals surface area contributed by atoms with Gasteiger partial charge in [0.15, 0.2) is 0 Å². The van der Waals surface area contributed by atoms with E-state index in [1.165, 1.54) is 16.7 Å². The predicted octanol–water partition coefficient (Wildman–Crippen LogP) is 2.01. The molecule has 3 heteroatoms. The Morgan fingerprint density at radius 3 is 2.38 bits per heavy atom. The van der Waals surface area contributed by atoms with E-state index in [0.717, 1.165) is 12.8 Å². The van der Waals surface area contributed by atoms with E-state index in [0.29, 0.717) is 6.54 Å². The fourth-order valence-corrected chi connectivity index (χ4v) is 1.98. The van der Waals surface area contributed by atoms with Crippen LogP contribution in [0.3, 0.4) is 0 Å². The van der Waals surface area contributed by atoms with E-state index in [-0.39, 0.29) is 0 Å². The third-order valence-electron chi connectivity index (χ3n) is 3.41. The minimum Gasteiger partial charge on any atom is -0.480 e. The number of carboxylic acid groups (broad SMARTS) is 1. The van der Waals surface area contributed by atoms with Crippen LogP contribution in [0.5, 0.6) is 0 Å². The predicted molar refractivity (Wildman–Crippen MR) is 62.4 cm³/mol. The molecule has 86 valence electrons. The molecule has 0 saturated heterocycles. The van der Waals surface area contributed by atoms with Crippen molar-refractivity contribution >= 4 is 5.97 Å². The molecular weight excluding hydrogens is 202 g/mol. The number of nitrogens with one attached hydrogen (secondary N) is 1. The lowest BCUT2D eigenvalue weighted by Crippen LogP contribution is -2.38. The van der Waals surface area contributed by atoms with E-state index in [2.05, 4.69) is 31.3 Å². The topological polar surface area (TPSA) is 49.3 Å². The van der Waals surface area contributed by atoms with Crippen molar-refractivity contribution in [3.8, 4) is 0 Å². The van der Waals surface area contributed by atoms with Crippen LogP contribution in [0.1, 0.15) is 29.5 Å². The van der Waals surface area contributed by atoms with Crippen LogP contribution in [0.15, 0.2) is 18.2 Å². The third-order valence-corrected chi connectivity index (χ3v) is 3.41. The average molecular weight is 219 g/mol. The molecular formula is C13H17NO2. The zero-order valence-electron chi connectivity index (χ0n) is 9.71. The molecule has 0 aromatic heterocycles. The number of carboxylic acids is 1. The number of aliphatic carboxylic acids is 1. The van der Waals surface area contributed by atoms with Gasteiger partial charge in [-0.3, -0.25) is 10.1 Å². The summed E-state index contributed by atoms with van der Waals surface area (Å²) in [6, 6.07) is 6.15. The first kappa shape index (κ1) is 11.1. The Kier molecular flexibility index (Phi) is 2.72. The second kappa shape index (κ2) is 3.91. The Morgan fingerprint density at radius 1 is 1.38 bits per heavy atom. The summed E-state index contributed by atoms with van der Waals surface area (Å²) in [5.41, 5.74) is 3.01. The van der Waals surface area contributed by atoms with Crippen molar-refractivity contribution in [3.63, 3.8) is 0 Å². The lowest BCUT2D eigenvalue weighted by atomic mass is 10.0. The Morgan fingerprint density at radius 2 is 1.94 bits per heavy atom. The third kappa shape index (κ3) is 1.95. The first-order chi connectivity index (χ1) is 7.55. The molecule has 1 aliphatic rings. The molecule has 2 N–H and O–H groups in total. The van der Waals surface area contributed by atoms with Crippen LogP contribution in [-0.2, 0) is 11.3 Å². The van der Waals surface area contributed by atoms with E-state index in [1.54, 1.807) is 0 Å². The van der Waals surface area contributed by atoms with Gasteiger partial charge >= 0.3 is 5.97 Å². The summed E-state index contributed by atoms with van der Waals surface area (Å²) >= 11 is 0. The molecule has 0 atom stereocenters. The maximum absolute atomic E-state index is 11.0. The van der Waals surface area contributed by atoms with Gasteiger partial charge in [-0.05, 0) is 43.4 Å². The summed E-state index contributed by atoms with van der Waals surface area (Å²) in [6.45, 7) is 4.76. The summed E-state index contributed by atoms with van der Waals surface area (Å²) in [7, 11) is 0. The van der Waals surface area contributed by atoms with Crippen LogP contribution >= 0.6 is 0 Å². The molecule has 0 aliphatic heterocycles. The largest absolute Gasteiger partial charge is 0.480 e. The van der Waals surface area contributed by atoms with Crippen LogP contribution in [-0.4, -0.2) is 16.6 Å². The number of hydrogen-bond donors (Lipinski definition) is 2. The zero-order valence-corrected chi connectivity index (χ0v) is 9.71. The van der Waals surface area contributed by atoms with Gasteiger partial charge < -0.3 is 5.11 Å². The SMILES string of the molecule is Cc1cccc(C)c1CNC1(C(=O)O)CC1. The van der Waals surface area contributed by atoms with Crippen molar-refractivity contribution in [2.45, 2.75) is 38.8 Å². The summed E-state index contributed by atoms with van der Waals surface area (Å²) in [4.78, 5) is 11.0. The summed E-state index contributed by atoms with van der Waals surface area (Å²) < 4.78 is 0. The van der Waals surface area contributed by atoms with Gasteiger partial charge in [0.1, 0.15) is 5.54 Å². The highest BCUT2D eigenvalue weighted by atomic mass is 16.4. The van der Waals surface area contributed by atoms with Gasteiger partial charge in [-0.1, -0.05) is 18.2 Å². The molecule has 0 bridgehead atoms. The van der Waals surface area contributed by atoms with Crippen molar-refractivity contribution < 1.29 is 9.90 Å². The van der Waals surface area contributed by atoms with Crippen LogP contribution in [0, 0.1) is 13.8 Å². The molecule has 2 rings (SSSR count). The van der Waals surface area contributed by atoms with Gasteiger partial charge in [-0.2, -0.15) is 0 Å². The van der Waals surface area contributed by atoms with Crippen LogP contribution in [0.2, 0.25) is 0 Å². The molecule has 1 aromatic rings. The molecule has 1 aliphatic carbocycles. The summed E-state index contributed by atoms with van der Waals surface area (Å²) in [5.74, 6) is -0.723. The molecule has 0 amide bonds. The second-order valence-corrected chi connectivity index (χ2v) is 4.61. The van der Waals surface area contributed by atoms with E-state index in [9.17, 15) is 4.79 Å². The lowest BCUT2D eigenvalue weighted by molar-refractivity contribution is -0.140. The fraction of sp³-hybridized carbons (Fsp3) is 0.462. The van der Waals surface area contributed by atoms with Crippen molar-refractivity contribution in [1.82, 2.24) is 5.32 Å². The van der Waals surface area contributed by atoms with Crippen LogP contribution in [0.4, 0.5) is 0 Å². The standard InChI is InChI=1S/C13H17NO2/c1-9-4-3-5-10(2)11(9)8-14-13(6-7-13)12(15)16/h3-5,14H,6-8H2,1-2H3,(H,15,16). The van der Waals surface area contributed by atoms with Gasteiger partial charge in [0, 0.05) is 6.54 Å². The van der Waals surface area contributed by atoms with Crippen LogP contribution in [0.25, 0.3) is 0 Å². The van der Waals surface area contributed by atoms with E-state index in [1.807, 2.05) is 6.07 Å². The Hall–Kier alpha value is -1.35. The normalized spacial score (nSPS) is 17.1. The number of hydrogen-bond acceptors (Lipinski definition) is 2. The first-order valence-electron chi connectivity index (χ1n) is 5.59. The molecule has 0 radical (unpaired) electrons. The molecule has 1 aromatic carbocycles. The van der Waals surface area contributed by atoms with Crippen molar-refractivity contribution in [2.75, 3.05) is 0 Å². The highest BCUT2D eigenvalue weighted by Gasteiger charge is 2.49. The molecule has 0 heterocycles. The van der Waals surface area contributed by atoms with Gasteiger partial charge in [0.2, 0.25) is 0 Å². The maximum atomic E-state index is 11.0. The number of aryl methyl sites for hydroxylation is 2. The summed E-state index contributed by atoms with van der Waals surface area (Å²) in [6.07, 6.45) is 1.49. The van der Waals surface area contributed by atoms with E-state index < -0.39 is 11.5 Å². The van der Waals surface area contributed by atoms with Gasteiger partial charge in [0.05, 0.1) is 0 Å². The van der Waals surface area contributed by atoms with E-state index >= 15 is 0 Å². The highest BCUT2D eigenvalue weighted by molar-refractivity contribution is 5.82. The van der Waals surface area contributed by atoms with E-state index in [4.69, 9.17) is 5.11 Å². The van der Waals surface area contributed by atoms with Gasteiger partial charge in [-0.15, -0.1) is 0 Å². The van der Waals surface area contributed by atoms with Crippen LogP contribution < -0.4 is 5.32 Å². The molecule has 1 saturated carbocycles. The van der Waals surface area contributed by atoms with Crippen molar-refractivity contribution in [2.24, 2.45) is 0 Å². The molecule has 0 unspecified atom stereocenters. The molecule has 16 heavy (non-hydrogen) atoms. The summed E-state index contributed by atoms with van der Waals surface area (Å²) in [5, 5.41) is 12.2. The number of benzene rings is 1. The smallest absolute Gasteiger partial charge is 0.323 e. The Balaban J connectivity index is 2.08. The molecule has 0 spiro atoms. The lowest BCUT2D eigenvalue weighted by Gasteiger charge is -2.15. The molecule has 3 nitrogen and oxygen atoms in total. The Labute approximate surface area is 95.5 Å². The Bertz CT molecular complexity index is 402.